The number of hydrogen-bond donors (Lipinski definition) is 1. The minimum Gasteiger partial charge on any atom is -0.315 e. The largest absolute Gasteiger partial charge is 0.315 e. The summed E-state index contributed by atoms with van der Waals surface area (Å²) in [7, 11) is 0. The topological polar surface area (TPSA) is 15.3 Å². The van der Waals surface area contributed by atoms with Crippen molar-refractivity contribution in [2.45, 2.75) is 46.1 Å². The molecule has 1 heterocycles. The molecular weight excluding hydrogens is 172 g/mol. The van der Waals surface area contributed by atoms with Crippen LogP contribution in [0.4, 0.5) is 0 Å². The van der Waals surface area contributed by atoms with Crippen molar-refractivity contribution in [1.82, 2.24) is 10.2 Å². The molecule has 2 heteroatoms. The highest BCUT2D eigenvalue weighted by atomic mass is 15.2. The molecule has 0 atom stereocenters. The van der Waals surface area contributed by atoms with Gasteiger partial charge in [0.05, 0.1) is 0 Å². The van der Waals surface area contributed by atoms with Gasteiger partial charge in [0.1, 0.15) is 0 Å². The Balaban J connectivity index is 2.45. The van der Waals surface area contributed by atoms with Crippen LogP contribution < -0.4 is 5.32 Å². The minimum atomic E-state index is 0.339. The van der Waals surface area contributed by atoms with Crippen LogP contribution >= 0.6 is 0 Å². The van der Waals surface area contributed by atoms with Gasteiger partial charge in [0, 0.05) is 12.1 Å². The second-order valence-electron chi connectivity index (χ2n) is 5.51. The lowest BCUT2D eigenvalue weighted by atomic mass is 10.0. The fraction of sp³-hybridized carbons (Fsp3) is 1.00. The van der Waals surface area contributed by atoms with E-state index < -0.39 is 0 Å². The zero-order valence-electron chi connectivity index (χ0n) is 10.3. The average molecular weight is 198 g/mol. The lowest BCUT2D eigenvalue weighted by Gasteiger charge is -2.37. The van der Waals surface area contributed by atoms with Crippen LogP contribution in [0.25, 0.3) is 0 Å². The van der Waals surface area contributed by atoms with Gasteiger partial charge in [-0.1, -0.05) is 13.8 Å². The highest BCUT2D eigenvalue weighted by Gasteiger charge is 2.27. The van der Waals surface area contributed by atoms with Crippen molar-refractivity contribution < 1.29 is 0 Å². The summed E-state index contributed by atoms with van der Waals surface area (Å²) in [6.45, 7) is 14.1. The van der Waals surface area contributed by atoms with Crippen LogP contribution in [0.15, 0.2) is 0 Å². The predicted molar refractivity (Wildman–Crippen MR) is 62.6 cm³/mol. The van der Waals surface area contributed by atoms with Crippen molar-refractivity contribution in [2.24, 2.45) is 5.92 Å². The number of rotatable bonds is 3. The Morgan fingerprint density at radius 3 is 2.71 bits per heavy atom. The smallest absolute Gasteiger partial charge is 0.0277 e. The van der Waals surface area contributed by atoms with Gasteiger partial charge in [-0.3, -0.25) is 4.90 Å². The molecule has 0 bridgehead atoms. The third kappa shape index (κ3) is 3.58. The Kier molecular flexibility index (Phi) is 4.39. The van der Waals surface area contributed by atoms with Crippen molar-refractivity contribution in [3.05, 3.63) is 0 Å². The number of nitrogens with zero attached hydrogens (tertiary/aromatic N) is 1. The minimum absolute atomic E-state index is 0.339. The molecule has 1 fully saturated rings. The summed E-state index contributed by atoms with van der Waals surface area (Å²) in [5.74, 6) is 0.821. The Morgan fingerprint density at radius 1 is 1.36 bits per heavy atom. The van der Waals surface area contributed by atoms with E-state index in [-0.39, 0.29) is 0 Å². The summed E-state index contributed by atoms with van der Waals surface area (Å²) in [6.07, 6.45) is 2.62. The lowest BCUT2D eigenvalue weighted by molar-refractivity contribution is 0.126. The molecule has 0 aliphatic carbocycles. The van der Waals surface area contributed by atoms with Gasteiger partial charge in [-0.2, -0.15) is 0 Å². The van der Waals surface area contributed by atoms with E-state index in [1.54, 1.807) is 0 Å². The maximum absolute atomic E-state index is 3.51. The van der Waals surface area contributed by atoms with E-state index in [0.29, 0.717) is 5.54 Å². The lowest BCUT2D eigenvalue weighted by Crippen LogP contribution is -2.49. The van der Waals surface area contributed by atoms with Crippen LogP contribution in [-0.4, -0.2) is 36.6 Å². The molecule has 0 spiro atoms. The molecule has 0 radical (unpaired) electrons. The molecule has 0 aromatic rings. The Hall–Kier alpha value is -0.0800. The fourth-order valence-electron chi connectivity index (χ4n) is 2.03. The van der Waals surface area contributed by atoms with Crippen molar-refractivity contribution in [3.63, 3.8) is 0 Å². The highest BCUT2D eigenvalue weighted by Crippen LogP contribution is 2.17. The van der Waals surface area contributed by atoms with Crippen LogP contribution in [0.2, 0.25) is 0 Å². The monoisotopic (exact) mass is 198 g/mol. The maximum atomic E-state index is 3.51. The zero-order valence-corrected chi connectivity index (χ0v) is 10.3. The van der Waals surface area contributed by atoms with Crippen molar-refractivity contribution in [2.75, 3.05) is 26.2 Å². The van der Waals surface area contributed by atoms with Crippen molar-refractivity contribution in [3.8, 4) is 0 Å². The molecule has 1 saturated heterocycles. The summed E-state index contributed by atoms with van der Waals surface area (Å²) in [4.78, 5) is 2.65. The molecule has 0 amide bonds. The quantitative estimate of drug-likeness (QED) is 0.747. The van der Waals surface area contributed by atoms with Gasteiger partial charge in [0.25, 0.3) is 0 Å². The van der Waals surface area contributed by atoms with Gasteiger partial charge in [0.15, 0.2) is 0 Å². The van der Waals surface area contributed by atoms with Gasteiger partial charge in [0.2, 0.25) is 0 Å². The first-order valence-electron chi connectivity index (χ1n) is 5.98. The number of hydrogen-bond acceptors (Lipinski definition) is 2. The standard InChI is InChI=1S/C12H26N2/c1-11(2)6-9-14-8-5-7-13-10-12(14,3)4/h11,13H,5-10H2,1-4H3. The van der Waals surface area contributed by atoms with Crippen molar-refractivity contribution >= 4 is 0 Å². The van der Waals surface area contributed by atoms with Gasteiger partial charge in [-0.15, -0.1) is 0 Å². The highest BCUT2D eigenvalue weighted by molar-refractivity contribution is 4.86. The van der Waals surface area contributed by atoms with E-state index in [1.165, 1.54) is 32.5 Å². The molecule has 0 aromatic heterocycles. The predicted octanol–water partition coefficient (Wildman–Crippen LogP) is 2.11. The molecule has 14 heavy (non-hydrogen) atoms. The van der Waals surface area contributed by atoms with E-state index in [1.807, 2.05) is 0 Å². The fourth-order valence-corrected chi connectivity index (χ4v) is 2.03. The molecule has 0 unspecified atom stereocenters. The Bertz CT molecular complexity index is 164. The second-order valence-corrected chi connectivity index (χ2v) is 5.51. The van der Waals surface area contributed by atoms with E-state index in [9.17, 15) is 0 Å². The van der Waals surface area contributed by atoms with Crippen LogP contribution in [-0.2, 0) is 0 Å². The molecule has 0 aromatic carbocycles. The summed E-state index contributed by atoms with van der Waals surface area (Å²) in [5, 5.41) is 3.51. The SMILES string of the molecule is CC(C)CCN1CCCNCC1(C)C. The Labute approximate surface area is 89.1 Å². The first kappa shape index (κ1) is 12.0. The molecule has 1 N–H and O–H groups in total. The van der Waals surface area contributed by atoms with E-state index in [4.69, 9.17) is 0 Å². The summed E-state index contributed by atoms with van der Waals surface area (Å²) in [5.41, 5.74) is 0.339. The van der Waals surface area contributed by atoms with Crippen LogP contribution in [0.3, 0.4) is 0 Å². The van der Waals surface area contributed by atoms with E-state index in [0.717, 1.165) is 12.5 Å². The molecule has 84 valence electrons. The summed E-state index contributed by atoms with van der Waals surface area (Å²) < 4.78 is 0. The maximum Gasteiger partial charge on any atom is 0.0277 e. The molecule has 0 saturated carbocycles. The average Bonchev–Trinajstić information content (AvgIpc) is 2.23. The van der Waals surface area contributed by atoms with Crippen LogP contribution in [0, 0.1) is 5.92 Å². The molecule has 2 nitrogen and oxygen atoms in total. The molecular formula is C12H26N2. The van der Waals surface area contributed by atoms with Crippen LogP contribution in [0.5, 0.6) is 0 Å². The normalized spacial score (nSPS) is 23.8. The van der Waals surface area contributed by atoms with Gasteiger partial charge >= 0.3 is 0 Å². The molecule has 1 rings (SSSR count). The van der Waals surface area contributed by atoms with Gasteiger partial charge in [-0.05, 0) is 52.2 Å². The zero-order chi connectivity index (χ0) is 10.6. The van der Waals surface area contributed by atoms with Gasteiger partial charge < -0.3 is 5.32 Å². The molecule has 1 aliphatic rings. The van der Waals surface area contributed by atoms with E-state index >= 15 is 0 Å². The molecule has 1 aliphatic heterocycles. The first-order valence-corrected chi connectivity index (χ1v) is 5.98. The van der Waals surface area contributed by atoms with E-state index in [2.05, 4.69) is 37.9 Å². The third-order valence-corrected chi connectivity index (χ3v) is 3.17. The van der Waals surface area contributed by atoms with Gasteiger partial charge in [-0.25, -0.2) is 0 Å². The Morgan fingerprint density at radius 2 is 2.07 bits per heavy atom. The van der Waals surface area contributed by atoms with Crippen molar-refractivity contribution in [1.29, 1.82) is 0 Å². The number of nitrogens with one attached hydrogen (secondary N) is 1. The third-order valence-electron chi connectivity index (χ3n) is 3.17. The summed E-state index contributed by atoms with van der Waals surface area (Å²) >= 11 is 0. The second kappa shape index (κ2) is 5.13. The first-order chi connectivity index (χ1) is 6.52. The summed E-state index contributed by atoms with van der Waals surface area (Å²) in [6, 6.07) is 0. The van der Waals surface area contributed by atoms with Crippen LogP contribution in [0.1, 0.15) is 40.5 Å².